The average molecular weight is 200 g/mol. The molecule has 2 nitrogen and oxygen atoms in total. The van der Waals surface area contributed by atoms with Gasteiger partial charge < -0.3 is 4.74 Å². The fourth-order valence-electron chi connectivity index (χ4n) is 2.98. The molecule has 0 N–H and O–H groups in total. The number of carbonyl (C=O) groups excluding carboxylic acids is 1. The minimum absolute atomic E-state index is 0.0197. The van der Waals surface area contributed by atoms with Gasteiger partial charge in [-0.05, 0) is 37.4 Å². The number of methoxy groups -OCH3 is 1. The lowest BCUT2D eigenvalue weighted by molar-refractivity contribution is -0.147. The first kappa shape index (κ1) is 9.38. The van der Waals surface area contributed by atoms with E-state index in [0.717, 1.165) is 12.3 Å². The molecular weight excluding hydrogens is 184 g/mol. The summed E-state index contributed by atoms with van der Waals surface area (Å²) >= 11 is 1.92. The molecule has 0 aromatic heterocycles. The smallest absolute Gasteiger partial charge is 0.308 e. The molecule has 2 aliphatic rings. The minimum Gasteiger partial charge on any atom is -0.469 e. The third-order valence-corrected chi connectivity index (χ3v) is 4.71. The summed E-state index contributed by atoms with van der Waals surface area (Å²) in [5.41, 5.74) is 0. The van der Waals surface area contributed by atoms with Gasteiger partial charge in [0.2, 0.25) is 0 Å². The number of hydrogen-bond acceptors (Lipinski definition) is 3. The zero-order valence-electron chi connectivity index (χ0n) is 8.16. The van der Waals surface area contributed by atoms with Crippen LogP contribution >= 0.6 is 11.8 Å². The quantitative estimate of drug-likeness (QED) is 0.637. The van der Waals surface area contributed by atoms with Crippen molar-refractivity contribution < 1.29 is 9.53 Å². The molecule has 0 aromatic rings. The molecule has 0 spiro atoms. The monoisotopic (exact) mass is 200 g/mol. The van der Waals surface area contributed by atoms with Gasteiger partial charge in [-0.1, -0.05) is 0 Å². The fraction of sp³-hybridized carbons (Fsp3) is 0.900. The summed E-state index contributed by atoms with van der Waals surface area (Å²) in [5, 5.41) is 0.711. The maximum absolute atomic E-state index is 11.4. The Balaban J connectivity index is 2.05. The molecule has 2 bridgehead atoms. The molecule has 13 heavy (non-hydrogen) atoms. The van der Waals surface area contributed by atoms with Gasteiger partial charge in [-0.25, -0.2) is 0 Å². The van der Waals surface area contributed by atoms with E-state index < -0.39 is 0 Å². The molecule has 0 heterocycles. The van der Waals surface area contributed by atoms with Gasteiger partial charge >= 0.3 is 5.97 Å². The Hall–Kier alpha value is -0.180. The highest BCUT2D eigenvalue weighted by molar-refractivity contribution is 7.99. The minimum atomic E-state index is 0.0197. The van der Waals surface area contributed by atoms with E-state index in [4.69, 9.17) is 4.74 Å². The molecule has 0 aromatic carbocycles. The first-order chi connectivity index (χ1) is 6.26. The van der Waals surface area contributed by atoms with Crippen molar-refractivity contribution in [2.75, 3.05) is 13.4 Å². The second kappa shape index (κ2) is 3.52. The van der Waals surface area contributed by atoms with Crippen LogP contribution in [0.15, 0.2) is 0 Å². The topological polar surface area (TPSA) is 26.3 Å². The Labute approximate surface area is 83.4 Å². The van der Waals surface area contributed by atoms with Crippen LogP contribution in [0.5, 0.6) is 0 Å². The number of rotatable bonds is 2. The van der Waals surface area contributed by atoms with E-state index in [1.807, 2.05) is 11.8 Å². The van der Waals surface area contributed by atoms with Gasteiger partial charge in [-0.2, -0.15) is 11.8 Å². The van der Waals surface area contributed by atoms with Crippen LogP contribution in [-0.2, 0) is 9.53 Å². The lowest BCUT2D eigenvalue weighted by Gasteiger charge is -2.26. The predicted octanol–water partition coefficient (Wildman–Crippen LogP) is 1.94. The van der Waals surface area contributed by atoms with E-state index >= 15 is 0 Å². The Morgan fingerprint density at radius 2 is 2.15 bits per heavy atom. The molecular formula is C10H16O2S. The maximum Gasteiger partial charge on any atom is 0.308 e. The van der Waals surface area contributed by atoms with Crippen LogP contribution in [0.3, 0.4) is 0 Å². The normalized spacial score (nSPS) is 42.3. The molecule has 2 aliphatic carbocycles. The average Bonchev–Trinajstić information content (AvgIpc) is 2.74. The molecule has 0 unspecified atom stereocenters. The second-order valence-corrected chi connectivity index (χ2v) is 5.22. The SMILES string of the molecule is COC(=O)[C@@H]1C[C@H]2C[C@@H]1[C@@H](SC)C2. The van der Waals surface area contributed by atoms with Crippen molar-refractivity contribution in [2.24, 2.45) is 17.8 Å². The number of hydrogen-bond donors (Lipinski definition) is 0. The van der Waals surface area contributed by atoms with Crippen LogP contribution in [0.2, 0.25) is 0 Å². The van der Waals surface area contributed by atoms with Crippen LogP contribution in [-0.4, -0.2) is 24.6 Å². The number of ether oxygens (including phenoxy) is 1. The zero-order chi connectivity index (χ0) is 9.42. The van der Waals surface area contributed by atoms with Crippen LogP contribution in [0.25, 0.3) is 0 Å². The van der Waals surface area contributed by atoms with Gasteiger partial charge in [0.25, 0.3) is 0 Å². The highest BCUT2D eigenvalue weighted by atomic mass is 32.2. The van der Waals surface area contributed by atoms with Crippen LogP contribution in [0.1, 0.15) is 19.3 Å². The van der Waals surface area contributed by atoms with Crippen molar-refractivity contribution in [3.8, 4) is 0 Å². The van der Waals surface area contributed by atoms with Crippen molar-refractivity contribution in [3.63, 3.8) is 0 Å². The molecule has 2 rings (SSSR count). The lowest BCUT2D eigenvalue weighted by Crippen LogP contribution is -2.29. The highest BCUT2D eigenvalue weighted by Gasteiger charge is 2.49. The molecule has 2 saturated carbocycles. The van der Waals surface area contributed by atoms with Crippen LogP contribution in [0.4, 0.5) is 0 Å². The standard InChI is InChI=1S/C10H16O2S/c1-12-10(11)8-4-6-3-7(8)9(5-6)13-2/h6-9H,3-5H2,1-2H3/t6-,7+,8-,9+/m1/s1. The summed E-state index contributed by atoms with van der Waals surface area (Å²) in [6.07, 6.45) is 5.80. The van der Waals surface area contributed by atoms with Crippen molar-refractivity contribution >= 4 is 17.7 Å². The van der Waals surface area contributed by atoms with E-state index in [0.29, 0.717) is 11.2 Å². The lowest BCUT2D eigenvalue weighted by atomic mass is 9.88. The Kier molecular flexibility index (Phi) is 2.54. The number of esters is 1. The Bertz CT molecular complexity index is 217. The molecule has 74 valence electrons. The third-order valence-electron chi connectivity index (χ3n) is 3.56. The van der Waals surface area contributed by atoms with Crippen LogP contribution < -0.4 is 0 Å². The maximum atomic E-state index is 11.4. The molecule has 4 atom stereocenters. The second-order valence-electron chi connectivity index (χ2n) is 4.14. The van der Waals surface area contributed by atoms with E-state index in [9.17, 15) is 4.79 Å². The zero-order valence-corrected chi connectivity index (χ0v) is 8.97. The molecule has 0 saturated heterocycles. The number of carbonyl (C=O) groups is 1. The first-order valence-electron chi connectivity index (χ1n) is 4.87. The van der Waals surface area contributed by atoms with Gasteiger partial charge in [0.15, 0.2) is 0 Å². The predicted molar refractivity (Wildman–Crippen MR) is 53.6 cm³/mol. The molecule has 2 fully saturated rings. The summed E-state index contributed by atoms with van der Waals surface area (Å²) in [4.78, 5) is 11.4. The van der Waals surface area contributed by atoms with Crippen molar-refractivity contribution in [3.05, 3.63) is 0 Å². The van der Waals surface area contributed by atoms with Gasteiger partial charge in [-0.15, -0.1) is 0 Å². The summed E-state index contributed by atoms with van der Waals surface area (Å²) in [6, 6.07) is 0. The van der Waals surface area contributed by atoms with E-state index in [1.54, 1.807) is 0 Å². The van der Waals surface area contributed by atoms with E-state index in [-0.39, 0.29) is 11.9 Å². The van der Waals surface area contributed by atoms with E-state index in [1.165, 1.54) is 20.0 Å². The fourth-order valence-corrected chi connectivity index (χ4v) is 4.09. The van der Waals surface area contributed by atoms with Crippen molar-refractivity contribution in [2.45, 2.75) is 24.5 Å². The molecule has 0 amide bonds. The van der Waals surface area contributed by atoms with Gasteiger partial charge in [-0.3, -0.25) is 4.79 Å². The first-order valence-corrected chi connectivity index (χ1v) is 6.15. The summed E-state index contributed by atoms with van der Waals surface area (Å²) in [7, 11) is 1.50. The van der Waals surface area contributed by atoms with Crippen molar-refractivity contribution in [1.29, 1.82) is 0 Å². The molecule has 3 heteroatoms. The van der Waals surface area contributed by atoms with E-state index in [2.05, 4.69) is 6.26 Å². The Morgan fingerprint density at radius 3 is 2.69 bits per heavy atom. The van der Waals surface area contributed by atoms with Gasteiger partial charge in [0.1, 0.15) is 0 Å². The molecule has 0 radical (unpaired) electrons. The molecule has 0 aliphatic heterocycles. The van der Waals surface area contributed by atoms with Gasteiger partial charge in [0.05, 0.1) is 13.0 Å². The largest absolute Gasteiger partial charge is 0.469 e. The number of fused-ring (bicyclic) bond motifs is 2. The van der Waals surface area contributed by atoms with Crippen LogP contribution in [0, 0.1) is 17.8 Å². The van der Waals surface area contributed by atoms with Crippen molar-refractivity contribution in [1.82, 2.24) is 0 Å². The van der Waals surface area contributed by atoms with Gasteiger partial charge in [0, 0.05) is 5.25 Å². The highest BCUT2D eigenvalue weighted by Crippen LogP contribution is 2.52. The summed E-state index contributed by atoms with van der Waals surface area (Å²) in [5.74, 6) is 1.63. The number of thioether (sulfide) groups is 1. The summed E-state index contributed by atoms with van der Waals surface area (Å²) in [6.45, 7) is 0. The Morgan fingerprint density at radius 1 is 1.38 bits per heavy atom. The third kappa shape index (κ3) is 1.47. The summed E-state index contributed by atoms with van der Waals surface area (Å²) < 4.78 is 4.83.